The van der Waals surface area contributed by atoms with Crippen LogP contribution in [0, 0.1) is 0 Å². The molecular weight excluding hydrogens is 478 g/mol. The minimum absolute atomic E-state index is 0. The fraction of sp³-hybridized carbons (Fsp3) is 0.0370. The Morgan fingerprint density at radius 1 is 0.758 bits per heavy atom. The molecule has 0 fully saturated rings. The molecule has 0 radical (unpaired) electrons. The molecule has 6 heteroatoms. The number of anilines is 2. The van der Waals surface area contributed by atoms with Crippen molar-refractivity contribution in [2.45, 2.75) is 6.54 Å². The number of nitrogen functional groups attached to an aromatic ring is 2. The molecule has 5 aromatic rings. The zero-order chi connectivity index (χ0) is 22.2. The number of nitrogens with two attached hydrogens (primary N) is 2. The smallest absolute Gasteiger partial charge is 0.335 e. The van der Waals surface area contributed by atoms with Gasteiger partial charge in [-0.05, 0) is 48.5 Å². The minimum Gasteiger partial charge on any atom is -1.00 e. The van der Waals surface area contributed by atoms with E-state index < -0.39 is 5.97 Å². The molecule has 0 aliphatic rings. The van der Waals surface area contributed by atoms with Gasteiger partial charge in [0.1, 0.15) is 0 Å². The van der Waals surface area contributed by atoms with Gasteiger partial charge < -0.3 is 33.6 Å². The summed E-state index contributed by atoms with van der Waals surface area (Å²) in [6, 6.07) is 29.1. The Balaban J connectivity index is 0.00000259. The number of carbonyl (C=O) groups is 1. The molecule has 0 spiro atoms. The summed E-state index contributed by atoms with van der Waals surface area (Å²) in [6.07, 6.45) is 0. The number of carboxylic acids is 1. The van der Waals surface area contributed by atoms with E-state index in [1.807, 2.05) is 60.7 Å². The predicted octanol–water partition coefficient (Wildman–Crippen LogP) is 1.86. The molecule has 33 heavy (non-hydrogen) atoms. The van der Waals surface area contributed by atoms with E-state index in [2.05, 4.69) is 22.8 Å². The Kier molecular flexibility index (Phi) is 6.03. The van der Waals surface area contributed by atoms with Gasteiger partial charge in [-0.1, -0.05) is 36.4 Å². The Morgan fingerprint density at radius 3 is 2.06 bits per heavy atom. The number of nitrogens with zero attached hydrogens (tertiary/aromatic N) is 1. The number of aromatic nitrogens is 1. The van der Waals surface area contributed by atoms with Crippen LogP contribution in [-0.4, -0.2) is 11.1 Å². The summed E-state index contributed by atoms with van der Waals surface area (Å²) in [5, 5.41) is 12.5. The molecule has 0 saturated carbocycles. The number of hydrogen-bond acceptors (Lipinski definition) is 3. The fourth-order valence-electron chi connectivity index (χ4n) is 4.27. The first-order chi connectivity index (χ1) is 15.5. The second-order valence-electron chi connectivity index (χ2n) is 7.88. The molecule has 5 nitrogen and oxygen atoms in total. The first-order valence-corrected chi connectivity index (χ1v) is 10.3. The van der Waals surface area contributed by atoms with Gasteiger partial charge in [-0.2, -0.15) is 4.57 Å². The molecule has 164 valence electrons. The molecule has 4 aromatic carbocycles. The Morgan fingerprint density at radius 2 is 1.39 bits per heavy atom. The molecule has 0 aliphatic carbocycles. The van der Waals surface area contributed by atoms with Crippen LogP contribution >= 0.6 is 0 Å². The van der Waals surface area contributed by atoms with Crippen molar-refractivity contribution in [2.75, 3.05) is 11.5 Å². The monoisotopic (exact) mass is 499 g/mol. The highest BCUT2D eigenvalue weighted by molar-refractivity contribution is 6.10. The molecule has 1 heterocycles. The van der Waals surface area contributed by atoms with Crippen molar-refractivity contribution in [3.05, 3.63) is 102 Å². The second-order valence-corrected chi connectivity index (χ2v) is 7.88. The van der Waals surface area contributed by atoms with E-state index in [0.717, 1.165) is 38.5 Å². The molecule has 0 aliphatic heterocycles. The first kappa shape index (κ1) is 22.3. The van der Waals surface area contributed by atoms with Crippen LogP contribution in [0.2, 0.25) is 0 Å². The molecule has 1 aromatic heterocycles. The van der Waals surface area contributed by atoms with Crippen LogP contribution in [0.25, 0.3) is 32.9 Å². The van der Waals surface area contributed by atoms with Crippen LogP contribution in [0.1, 0.15) is 15.9 Å². The number of pyridine rings is 1. The van der Waals surface area contributed by atoms with Crippen molar-refractivity contribution in [2.24, 2.45) is 0 Å². The minimum atomic E-state index is -0.936. The molecule has 5 N–H and O–H groups in total. The normalized spacial score (nSPS) is 10.8. The lowest BCUT2D eigenvalue weighted by Crippen LogP contribution is -3.00. The quantitative estimate of drug-likeness (QED) is 0.200. The van der Waals surface area contributed by atoms with Gasteiger partial charge in [-0.25, -0.2) is 4.79 Å². The highest BCUT2D eigenvalue weighted by Crippen LogP contribution is 2.33. The zero-order valence-electron chi connectivity index (χ0n) is 17.7. The van der Waals surface area contributed by atoms with Gasteiger partial charge in [0.25, 0.3) is 0 Å². The summed E-state index contributed by atoms with van der Waals surface area (Å²) >= 11 is 0. The summed E-state index contributed by atoms with van der Waals surface area (Å²) in [6.45, 7) is 0.550. The van der Waals surface area contributed by atoms with Gasteiger partial charge in [0.15, 0.2) is 6.54 Å². The van der Waals surface area contributed by atoms with Crippen molar-refractivity contribution in [3.63, 3.8) is 0 Å². The van der Waals surface area contributed by atoms with E-state index in [-0.39, 0.29) is 22.5 Å². The summed E-state index contributed by atoms with van der Waals surface area (Å²) < 4.78 is 2.23. The molecule has 0 unspecified atom stereocenters. The largest absolute Gasteiger partial charge is 1.00 e. The summed E-state index contributed by atoms with van der Waals surface area (Å²) in [4.78, 5) is 11.3. The molecule has 0 atom stereocenters. The van der Waals surface area contributed by atoms with Crippen molar-refractivity contribution in [1.29, 1.82) is 0 Å². The van der Waals surface area contributed by atoms with E-state index in [1.165, 1.54) is 0 Å². The van der Waals surface area contributed by atoms with Crippen molar-refractivity contribution >= 4 is 39.0 Å². The van der Waals surface area contributed by atoms with E-state index in [1.54, 1.807) is 12.1 Å². The van der Waals surface area contributed by atoms with Crippen LogP contribution in [0.4, 0.5) is 11.4 Å². The van der Waals surface area contributed by atoms with Gasteiger partial charge in [0.05, 0.1) is 16.3 Å². The van der Waals surface area contributed by atoms with Gasteiger partial charge in [0.2, 0.25) is 11.2 Å². The van der Waals surface area contributed by atoms with Crippen LogP contribution < -0.4 is 33.0 Å². The van der Waals surface area contributed by atoms with Gasteiger partial charge >= 0.3 is 5.97 Å². The van der Waals surface area contributed by atoms with Crippen molar-refractivity contribution < 1.29 is 31.4 Å². The van der Waals surface area contributed by atoms with E-state index >= 15 is 0 Å². The molecule has 0 amide bonds. The zero-order valence-corrected chi connectivity index (χ0v) is 19.3. The summed E-state index contributed by atoms with van der Waals surface area (Å²) in [7, 11) is 0. The molecule has 5 rings (SSSR count). The SMILES string of the molecule is Nc1ccc2c(c1)c(-c1ccccc1)[n+](Cc1ccc(C(=O)O)cc1)c1cc(N)ccc21.[Br-]. The number of carboxylic acid groups (broad SMARTS) is 1. The van der Waals surface area contributed by atoms with Gasteiger partial charge in [-0.15, -0.1) is 0 Å². The lowest BCUT2D eigenvalue weighted by Gasteiger charge is -2.13. The molecule has 0 bridgehead atoms. The average Bonchev–Trinajstić information content (AvgIpc) is 2.80. The van der Waals surface area contributed by atoms with Gasteiger partial charge in [-0.3, -0.25) is 0 Å². The Hall–Kier alpha value is -3.90. The third kappa shape index (κ3) is 4.13. The lowest BCUT2D eigenvalue weighted by molar-refractivity contribution is -0.650. The van der Waals surface area contributed by atoms with Crippen LogP contribution in [0.15, 0.2) is 91.0 Å². The number of aromatic carboxylic acids is 1. The lowest BCUT2D eigenvalue weighted by atomic mass is 9.97. The number of benzene rings is 4. The Labute approximate surface area is 201 Å². The van der Waals surface area contributed by atoms with Crippen LogP contribution in [0.5, 0.6) is 0 Å². The van der Waals surface area contributed by atoms with Crippen LogP contribution in [-0.2, 0) is 6.54 Å². The standard InChI is InChI=1S/C27H21N3O2.BrH/c28-20-10-12-22-23-13-11-21(29)15-25(23)30(16-17-6-8-19(9-7-17)27(31)32)26(24(22)14-20)18-4-2-1-3-5-18;/h1-15,29H,16,28H2,(H,31,32);1H. The third-order valence-corrected chi connectivity index (χ3v) is 5.76. The average molecular weight is 500 g/mol. The molecular formula is C27H22BrN3O2. The highest BCUT2D eigenvalue weighted by atomic mass is 79.9. The predicted molar refractivity (Wildman–Crippen MR) is 128 cm³/mol. The number of hydrogen-bond donors (Lipinski definition) is 3. The topological polar surface area (TPSA) is 93.2 Å². The van der Waals surface area contributed by atoms with Crippen LogP contribution in [0.3, 0.4) is 0 Å². The number of rotatable bonds is 4. The van der Waals surface area contributed by atoms with Crippen molar-refractivity contribution in [1.82, 2.24) is 0 Å². The van der Waals surface area contributed by atoms with E-state index in [9.17, 15) is 9.90 Å². The van der Waals surface area contributed by atoms with Crippen molar-refractivity contribution in [3.8, 4) is 11.3 Å². The maximum absolute atomic E-state index is 11.3. The maximum Gasteiger partial charge on any atom is 0.335 e. The Bertz CT molecular complexity index is 1480. The fourth-order valence-corrected chi connectivity index (χ4v) is 4.27. The third-order valence-electron chi connectivity index (χ3n) is 5.76. The van der Waals surface area contributed by atoms with E-state index in [0.29, 0.717) is 17.9 Å². The summed E-state index contributed by atoms with van der Waals surface area (Å²) in [5.74, 6) is -0.936. The number of halogens is 1. The van der Waals surface area contributed by atoms with Gasteiger partial charge in [0, 0.05) is 34.0 Å². The number of fused-ring (bicyclic) bond motifs is 3. The second kappa shape index (κ2) is 8.92. The summed E-state index contributed by atoms with van der Waals surface area (Å²) in [5.41, 5.74) is 18.1. The first-order valence-electron chi connectivity index (χ1n) is 10.3. The highest BCUT2D eigenvalue weighted by Gasteiger charge is 2.24. The maximum atomic E-state index is 11.3. The van der Waals surface area contributed by atoms with E-state index in [4.69, 9.17) is 11.5 Å². The molecule has 0 saturated heterocycles.